The fraction of sp³-hybridized carbons (Fsp3) is 0.625. The zero-order valence-corrected chi connectivity index (χ0v) is 12.5. The summed E-state index contributed by atoms with van der Waals surface area (Å²) in [6, 6.07) is 8.78. The molecule has 96 valence electrons. The highest BCUT2D eigenvalue weighted by molar-refractivity contribution is 5.57. The minimum atomic E-state index is 0.163. The average molecular weight is 233 g/mol. The number of hydrogen-bond donors (Lipinski definition) is 0. The third kappa shape index (κ3) is 3.24. The molecule has 1 nitrogen and oxygen atoms in total. The molecular weight excluding hydrogens is 206 g/mol. The monoisotopic (exact) mass is 233 g/mol. The van der Waals surface area contributed by atoms with Crippen molar-refractivity contribution in [1.82, 2.24) is 0 Å². The third-order valence-electron chi connectivity index (χ3n) is 3.13. The van der Waals surface area contributed by atoms with Gasteiger partial charge in [-0.25, -0.2) is 0 Å². The first-order chi connectivity index (χ1) is 7.68. The summed E-state index contributed by atoms with van der Waals surface area (Å²) in [5.41, 5.74) is 3.15. The van der Waals surface area contributed by atoms with Gasteiger partial charge in [-0.3, -0.25) is 0 Å². The summed E-state index contributed by atoms with van der Waals surface area (Å²) in [6.45, 7) is 16.9. The summed E-state index contributed by atoms with van der Waals surface area (Å²) < 4.78 is 0. The number of benzene rings is 1. The second-order valence-electron chi connectivity index (χ2n) is 6.68. The minimum Gasteiger partial charge on any atom is -0.367 e. The summed E-state index contributed by atoms with van der Waals surface area (Å²) in [4.78, 5) is 2.48. The van der Waals surface area contributed by atoms with Gasteiger partial charge < -0.3 is 4.90 Å². The quantitative estimate of drug-likeness (QED) is 0.721. The topological polar surface area (TPSA) is 3.24 Å². The Balaban J connectivity index is 3.30. The van der Waals surface area contributed by atoms with E-state index in [1.807, 2.05) is 0 Å². The lowest BCUT2D eigenvalue weighted by molar-refractivity contribution is 0.503. The summed E-state index contributed by atoms with van der Waals surface area (Å²) >= 11 is 0. The van der Waals surface area contributed by atoms with E-state index in [-0.39, 0.29) is 11.0 Å². The van der Waals surface area contributed by atoms with Gasteiger partial charge in [-0.2, -0.15) is 0 Å². The fourth-order valence-corrected chi connectivity index (χ4v) is 2.35. The summed E-state index contributed by atoms with van der Waals surface area (Å²) in [5, 5.41) is 0. The molecule has 0 heterocycles. The maximum Gasteiger partial charge on any atom is 0.0408 e. The van der Waals surface area contributed by atoms with Gasteiger partial charge >= 0.3 is 0 Å². The molecule has 0 saturated heterocycles. The number of anilines is 1. The molecule has 0 aliphatic rings. The van der Waals surface area contributed by atoms with Gasteiger partial charge in [0.25, 0.3) is 0 Å². The predicted molar refractivity (Wildman–Crippen MR) is 77.9 cm³/mol. The fourth-order valence-electron chi connectivity index (χ4n) is 2.35. The smallest absolute Gasteiger partial charge is 0.0408 e. The van der Waals surface area contributed by atoms with Crippen molar-refractivity contribution in [3.05, 3.63) is 29.8 Å². The second-order valence-corrected chi connectivity index (χ2v) is 6.68. The molecule has 0 unspecified atom stereocenters. The highest BCUT2D eigenvalue weighted by atomic mass is 15.2. The van der Waals surface area contributed by atoms with Crippen LogP contribution in [0, 0.1) is 0 Å². The number of rotatable bonds is 2. The lowest BCUT2D eigenvalue weighted by atomic mass is 9.84. The Labute approximate surface area is 107 Å². The highest BCUT2D eigenvalue weighted by Gasteiger charge is 2.25. The Morgan fingerprint density at radius 1 is 0.941 bits per heavy atom. The Bertz CT molecular complexity index is 366. The van der Waals surface area contributed by atoms with Crippen LogP contribution in [0.3, 0.4) is 0 Å². The molecule has 0 aliphatic heterocycles. The van der Waals surface area contributed by atoms with Gasteiger partial charge in [0.05, 0.1) is 0 Å². The molecule has 0 aliphatic carbocycles. The molecule has 0 amide bonds. The molecule has 1 heteroatoms. The van der Waals surface area contributed by atoms with Gasteiger partial charge in [0.15, 0.2) is 0 Å². The van der Waals surface area contributed by atoms with Crippen molar-refractivity contribution in [3.63, 3.8) is 0 Å². The van der Waals surface area contributed by atoms with Crippen molar-refractivity contribution in [3.8, 4) is 0 Å². The number of para-hydroxylation sites is 1. The molecule has 0 saturated carbocycles. The van der Waals surface area contributed by atoms with E-state index in [2.05, 4.69) is 77.6 Å². The summed E-state index contributed by atoms with van der Waals surface area (Å²) in [7, 11) is 0. The normalized spacial score (nSPS) is 12.6. The Morgan fingerprint density at radius 3 is 1.88 bits per heavy atom. The Hall–Kier alpha value is -0.980. The standard InChI is InChI=1S/C16H27N/c1-8-17(16(5,6)7)14-12-10-9-11-13(14)15(2,3)4/h9-12H,8H2,1-7H3. The molecule has 17 heavy (non-hydrogen) atoms. The van der Waals surface area contributed by atoms with Gasteiger partial charge in [-0.15, -0.1) is 0 Å². The summed E-state index contributed by atoms with van der Waals surface area (Å²) in [6.07, 6.45) is 0. The SMILES string of the molecule is CCN(c1ccccc1C(C)(C)C)C(C)(C)C. The molecule has 0 aromatic heterocycles. The van der Waals surface area contributed by atoms with Crippen molar-refractivity contribution in [1.29, 1.82) is 0 Å². The van der Waals surface area contributed by atoms with Crippen LogP contribution in [-0.4, -0.2) is 12.1 Å². The number of nitrogens with zero attached hydrogens (tertiary/aromatic N) is 1. The van der Waals surface area contributed by atoms with E-state index in [1.165, 1.54) is 11.3 Å². The van der Waals surface area contributed by atoms with Crippen LogP contribution in [0.5, 0.6) is 0 Å². The van der Waals surface area contributed by atoms with Gasteiger partial charge in [0.1, 0.15) is 0 Å². The first-order valence-corrected chi connectivity index (χ1v) is 6.55. The van der Waals surface area contributed by atoms with Crippen LogP contribution in [0.2, 0.25) is 0 Å². The van der Waals surface area contributed by atoms with E-state index in [0.29, 0.717) is 0 Å². The molecule has 1 aromatic rings. The summed E-state index contributed by atoms with van der Waals surface area (Å²) in [5.74, 6) is 0. The van der Waals surface area contributed by atoms with E-state index in [0.717, 1.165) is 6.54 Å². The lowest BCUT2D eigenvalue weighted by Gasteiger charge is -2.40. The van der Waals surface area contributed by atoms with Crippen molar-refractivity contribution in [2.75, 3.05) is 11.4 Å². The van der Waals surface area contributed by atoms with Crippen LogP contribution < -0.4 is 4.90 Å². The van der Waals surface area contributed by atoms with E-state index >= 15 is 0 Å². The van der Waals surface area contributed by atoms with Gasteiger partial charge in [0.2, 0.25) is 0 Å². The van der Waals surface area contributed by atoms with E-state index in [9.17, 15) is 0 Å². The van der Waals surface area contributed by atoms with Gasteiger partial charge in [0, 0.05) is 17.8 Å². The number of hydrogen-bond acceptors (Lipinski definition) is 1. The van der Waals surface area contributed by atoms with Gasteiger partial charge in [-0.05, 0) is 44.7 Å². The molecule has 0 fully saturated rings. The van der Waals surface area contributed by atoms with Crippen LogP contribution in [0.25, 0.3) is 0 Å². The third-order valence-corrected chi connectivity index (χ3v) is 3.13. The van der Waals surface area contributed by atoms with Crippen LogP contribution in [-0.2, 0) is 5.41 Å². The first kappa shape index (κ1) is 14.1. The van der Waals surface area contributed by atoms with Crippen LogP contribution >= 0.6 is 0 Å². The van der Waals surface area contributed by atoms with Crippen LogP contribution in [0.15, 0.2) is 24.3 Å². The maximum absolute atomic E-state index is 2.48. The predicted octanol–water partition coefficient (Wildman–Crippen LogP) is 4.61. The van der Waals surface area contributed by atoms with E-state index < -0.39 is 0 Å². The lowest BCUT2D eigenvalue weighted by Crippen LogP contribution is -2.42. The molecule has 0 radical (unpaired) electrons. The van der Waals surface area contributed by atoms with E-state index in [1.54, 1.807) is 0 Å². The van der Waals surface area contributed by atoms with Crippen molar-refractivity contribution < 1.29 is 0 Å². The second kappa shape index (κ2) is 4.72. The Kier molecular flexibility index (Phi) is 3.91. The molecule has 1 rings (SSSR count). The minimum absolute atomic E-state index is 0.163. The van der Waals surface area contributed by atoms with Crippen LogP contribution in [0.1, 0.15) is 54.0 Å². The first-order valence-electron chi connectivity index (χ1n) is 6.55. The maximum atomic E-state index is 2.48. The van der Waals surface area contributed by atoms with Crippen molar-refractivity contribution >= 4 is 5.69 Å². The van der Waals surface area contributed by atoms with Crippen molar-refractivity contribution in [2.24, 2.45) is 0 Å². The molecular formula is C16H27N. The zero-order valence-electron chi connectivity index (χ0n) is 12.5. The Morgan fingerprint density at radius 2 is 1.47 bits per heavy atom. The highest BCUT2D eigenvalue weighted by Crippen LogP contribution is 2.34. The molecule has 0 spiro atoms. The van der Waals surface area contributed by atoms with Crippen molar-refractivity contribution in [2.45, 2.75) is 59.4 Å². The van der Waals surface area contributed by atoms with E-state index in [4.69, 9.17) is 0 Å². The average Bonchev–Trinajstić information content (AvgIpc) is 2.15. The molecule has 0 atom stereocenters. The molecule has 0 N–H and O–H groups in total. The van der Waals surface area contributed by atoms with Crippen LogP contribution in [0.4, 0.5) is 5.69 Å². The molecule has 1 aromatic carbocycles. The largest absolute Gasteiger partial charge is 0.367 e. The molecule has 0 bridgehead atoms. The zero-order chi connectivity index (χ0) is 13.3. The van der Waals surface area contributed by atoms with Gasteiger partial charge in [-0.1, -0.05) is 39.0 Å².